The number of carbonyl (C=O) groups excluding carboxylic acids is 2. The molecule has 10 heteroatoms. The summed E-state index contributed by atoms with van der Waals surface area (Å²) in [6.07, 6.45) is 0. The highest BCUT2D eigenvalue weighted by Gasteiger charge is 2.21. The normalized spacial score (nSPS) is 13.2. The molecule has 1 aliphatic heterocycles. The van der Waals surface area contributed by atoms with Crippen LogP contribution in [0.1, 0.15) is 10.4 Å². The van der Waals surface area contributed by atoms with Crippen molar-refractivity contribution in [2.24, 2.45) is 0 Å². The zero-order chi connectivity index (χ0) is 23.4. The van der Waals surface area contributed by atoms with Crippen LogP contribution in [0.5, 0.6) is 11.5 Å². The molecule has 1 heterocycles. The number of nitro benzene ring substituents is 1. The molecule has 9 nitrogen and oxygen atoms in total. The molecule has 1 fully saturated rings. The molecule has 0 bridgehead atoms. The Bertz CT molecular complexity index is 1220. The molecule has 0 aromatic heterocycles. The van der Waals surface area contributed by atoms with Crippen molar-refractivity contribution < 1.29 is 19.2 Å². The Balaban J connectivity index is 1.58. The third kappa shape index (κ3) is 5.21. The largest absolute Gasteiger partial charge is 0.457 e. The van der Waals surface area contributed by atoms with Gasteiger partial charge in [-0.3, -0.25) is 19.7 Å². The van der Waals surface area contributed by atoms with Gasteiger partial charge in [0.1, 0.15) is 11.5 Å². The number of halogens is 1. The van der Waals surface area contributed by atoms with E-state index in [0.29, 0.717) is 35.2 Å². The lowest BCUT2D eigenvalue weighted by Crippen LogP contribution is -2.47. The summed E-state index contributed by atoms with van der Waals surface area (Å²) in [4.78, 5) is 37.2. The minimum Gasteiger partial charge on any atom is -0.457 e. The van der Waals surface area contributed by atoms with E-state index in [1.807, 2.05) is 11.0 Å². The molecule has 168 valence electrons. The molecule has 0 aliphatic carbocycles. The SMILES string of the molecule is O=C1CN(c2ccc(NC(=O)c3cc([N+](=O)[O-])ccc3Oc3ccccc3)cc2Cl)CCN1. The number of carbonyl (C=O) groups is 2. The van der Waals surface area contributed by atoms with Crippen molar-refractivity contribution in [1.82, 2.24) is 5.32 Å². The number of non-ortho nitro benzene ring substituents is 1. The molecule has 4 rings (SSSR count). The van der Waals surface area contributed by atoms with Gasteiger partial charge in [0.15, 0.2) is 0 Å². The van der Waals surface area contributed by atoms with Crippen molar-refractivity contribution in [1.29, 1.82) is 0 Å². The molecule has 1 saturated heterocycles. The molecule has 0 atom stereocenters. The number of rotatable bonds is 6. The van der Waals surface area contributed by atoms with Crippen LogP contribution in [0.2, 0.25) is 5.02 Å². The summed E-state index contributed by atoms with van der Waals surface area (Å²) in [5.74, 6) is -0.0261. The van der Waals surface area contributed by atoms with Gasteiger partial charge in [-0.15, -0.1) is 0 Å². The number of nitro groups is 1. The van der Waals surface area contributed by atoms with Crippen LogP contribution in [0.15, 0.2) is 66.7 Å². The molecule has 0 unspecified atom stereocenters. The van der Waals surface area contributed by atoms with Gasteiger partial charge in [-0.2, -0.15) is 0 Å². The van der Waals surface area contributed by atoms with Gasteiger partial charge in [-0.25, -0.2) is 0 Å². The topological polar surface area (TPSA) is 114 Å². The maximum atomic E-state index is 13.0. The molecule has 3 aromatic rings. The number of ether oxygens (including phenoxy) is 1. The lowest BCUT2D eigenvalue weighted by atomic mass is 10.1. The van der Waals surface area contributed by atoms with E-state index in [0.717, 1.165) is 6.07 Å². The van der Waals surface area contributed by atoms with Gasteiger partial charge in [0.2, 0.25) is 5.91 Å². The van der Waals surface area contributed by atoms with Crippen molar-refractivity contribution in [3.8, 4) is 11.5 Å². The first-order valence-electron chi connectivity index (χ1n) is 10.0. The number of piperazine rings is 1. The minimum atomic E-state index is -0.592. The van der Waals surface area contributed by atoms with Gasteiger partial charge < -0.3 is 20.3 Å². The van der Waals surface area contributed by atoms with Crippen LogP contribution in [0.4, 0.5) is 17.1 Å². The average Bonchev–Trinajstić information content (AvgIpc) is 2.80. The second-order valence-corrected chi connectivity index (χ2v) is 7.65. The Hall–Kier alpha value is -4.11. The monoisotopic (exact) mass is 466 g/mol. The van der Waals surface area contributed by atoms with Gasteiger partial charge in [0, 0.05) is 30.9 Å². The Kier molecular flexibility index (Phi) is 6.41. The van der Waals surface area contributed by atoms with E-state index in [2.05, 4.69) is 10.6 Å². The van der Waals surface area contributed by atoms with Crippen molar-refractivity contribution >= 4 is 40.5 Å². The lowest BCUT2D eigenvalue weighted by Gasteiger charge is -2.29. The second-order valence-electron chi connectivity index (χ2n) is 7.24. The van der Waals surface area contributed by atoms with Crippen molar-refractivity contribution in [3.05, 3.63) is 87.4 Å². The van der Waals surface area contributed by atoms with Crippen LogP contribution in [0.25, 0.3) is 0 Å². The smallest absolute Gasteiger partial charge is 0.270 e. The molecular weight excluding hydrogens is 448 g/mol. The Morgan fingerprint density at radius 2 is 1.91 bits per heavy atom. The summed E-state index contributed by atoms with van der Waals surface area (Å²) in [5, 5.41) is 17.1. The van der Waals surface area contributed by atoms with E-state index >= 15 is 0 Å². The minimum absolute atomic E-state index is 0.000883. The zero-order valence-electron chi connectivity index (χ0n) is 17.3. The fraction of sp³-hybridized carbons (Fsp3) is 0.130. The fourth-order valence-corrected chi connectivity index (χ4v) is 3.70. The number of nitrogens with zero attached hydrogens (tertiary/aromatic N) is 2. The first-order valence-corrected chi connectivity index (χ1v) is 10.4. The van der Waals surface area contributed by atoms with E-state index in [-0.39, 0.29) is 29.5 Å². The highest BCUT2D eigenvalue weighted by atomic mass is 35.5. The molecule has 33 heavy (non-hydrogen) atoms. The van der Waals surface area contributed by atoms with Gasteiger partial charge >= 0.3 is 0 Å². The predicted molar refractivity (Wildman–Crippen MR) is 124 cm³/mol. The van der Waals surface area contributed by atoms with Gasteiger partial charge in [0.05, 0.1) is 27.7 Å². The van der Waals surface area contributed by atoms with E-state index < -0.39 is 10.8 Å². The maximum absolute atomic E-state index is 13.0. The van der Waals surface area contributed by atoms with Gasteiger partial charge in [-0.05, 0) is 36.4 Å². The summed E-state index contributed by atoms with van der Waals surface area (Å²) in [6, 6.07) is 17.5. The van der Waals surface area contributed by atoms with Crippen LogP contribution in [0, 0.1) is 10.1 Å². The lowest BCUT2D eigenvalue weighted by molar-refractivity contribution is -0.384. The maximum Gasteiger partial charge on any atom is 0.270 e. The first-order chi connectivity index (χ1) is 15.9. The van der Waals surface area contributed by atoms with E-state index in [1.54, 1.807) is 42.5 Å². The van der Waals surface area contributed by atoms with Crippen LogP contribution in [0.3, 0.4) is 0 Å². The quantitative estimate of drug-likeness (QED) is 0.415. The number of amides is 2. The highest BCUT2D eigenvalue weighted by Crippen LogP contribution is 2.32. The van der Waals surface area contributed by atoms with Gasteiger partial charge in [0.25, 0.3) is 11.6 Å². The summed E-state index contributed by atoms with van der Waals surface area (Å²) < 4.78 is 5.78. The highest BCUT2D eigenvalue weighted by molar-refractivity contribution is 6.33. The first kappa shape index (κ1) is 22.1. The third-order valence-corrected chi connectivity index (χ3v) is 5.28. The molecule has 2 N–H and O–H groups in total. The van der Waals surface area contributed by atoms with Crippen LogP contribution >= 0.6 is 11.6 Å². The number of para-hydroxylation sites is 1. The molecule has 0 radical (unpaired) electrons. The zero-order valence-corrected chi connectivity index (χ0v) is 18.0. The van der Waals surface area contributed by atoms with Crippen LogP contribution in [-0.4, -0.2) is 36.4 Å². The summed E-state index contributed by atoms with van der Waals surface area (Å²) in [6.45, 7) is 1.33. The van der Waals surface area contributed by atoms with Gasteiger partial charge in [-0.1, -0.05) is 29.8 Å². The second kappa shape index (κ2) is 9.58. The average molecular weight is 467 g/mol. The Morgan fingerprint density at radius 1 is 1.12 bits per heavy atom. The third-order valence-electron chi connectivity index (χ3n) is 4.97. The number of hydrogen-bond donors (Lipinski definition) is 2. The molecular formula is C23H19ClN4O5. The van der Waals surface area contributed by atoms with Crippen molar-refractivity contribution in [2.45, 2.75) is 0 Å². The van der Waals surface area contributed by atoms with E-state index in [1.165, 1.54) is 12.1 Å². The number of benzene rings is 3. The molecule has 0 spiro atoms. The number of hydrogen-bond acceptors (Lipinski definition) is 6. The Labute approximate surface area is 194 Å². The number of nitrogens with one attached hydrogen (secondary N) is 2. The molecule has 0 saturated carbocycles. The standard InChI is InChI=1S/C23H19ClN4O5/c24-19-12-15(6-8-20(19)27-11-10-25-22(29)14-27)26-23(30)18-13-16(28(31)32)7-9-21(18)33-17-4-2-1-3-5-17/h1-9,12-13H,10-11,14H2,(H,25,29)(H,26,30). The van der Waals surface area contributed by atoms with E-state index in [4.69, 9.17) is 16.3 Å². The molecule has 3 aromatic carbocycles. The van der Waals surface area contributed by atoms with Crippen LogP contribution < -0.4 is 20.3 Å². The van der Waals surface area contributed by atoms with Crippen LogP contribution in [-0.2, 0) is 4.79 Å². The van der Waals surface area contributed by atoms with Crippen molar-refractivity contribution in [3.63, 3.8) is 0 Å². The molecule has 2 amide bonds. The summed E-state index contributed by atoms with van der Waals surface area (Å²) in [5.41, 5.74) is 0.832. The fourth-order valence-electron chi connectivity index (χ4n) is 3.40. The summed E-state index contributed by atoms with van der Waals surface area (Å²) in [7, 11) is 0. The van der Waals surface area contributed by atoms with Crippen molar-refractivity contribution in [2.75, 3.05) is 29.9 Å². The number of anilines is 2. The predicted octanol–water partition coefficient (Wildman–Crippen LogP) is 4.23. The Morgan fingerprint density at radius 3 is 2.61 bits per heavy atom. The van der Waals surface area contributed by atoms with E-state index in [9.17, 15) is 19.7 Å². The summed E-state index contributed by atoms with van der Waals surface area (Å²) >= 11 is 6.41. The molecule has 1 aliphatic rings.